The van der Waals surface area contributed by atoms with Crippen molar-refractivity contribution in [1.82, 2.24) is 19.8 Å². The van der Waals surface area contributed by atoms with Crippen LogP contribution in [0.25, 0.3) is 22.5 Å². The van der Waals surface area contributed by atoms with Crippen LogP contribution < -0.4 is 9.47 Å². The fraction of sp³-hybridized carbons (Fsp3) is 0.455. The smallest absolute Gasteiger partial charge is 0.163 e. The summed E-state index contributed by atoms with van der Waals surface area (Å²) in [6.45, 7) is 13.4. The molecule has 0 radical (unpaired) electrons. The number of nitrogens with zero attached hydrogens (tertiary/aromatic N) is 4. The Labute approximate surface area is 301 Å². The van der Waals surface area contributed by atoms with E-state index in [-0.39, 0.29) is 0 Å². The first-order valence-electron chi connectivity index (χ1n) is 18.6. The summed E-state index contributed by atoms with van der Waals surface area (Å²) < 4.78 is 11.4. The van der Waals surface area contributed by atoms with Crippen LogP contribution in [0, 0.1) is 19.3 Å². The summed E-state index contributed by atoms with van der Waals surface area (Å²) in [4.78, 5) is 14.6. The first kappa shape index (κ1) is 37.1. The molecule has 6 nitrogen and oxygen atoms in total. The number of likely N-dealkylation sites (tertiary alicyclic amines) is 1. The van der Waals surface area contributed by atoms with E-state index in [4.69, 9.17) is 25.9 Å². The number of ether oxygens (including phenoxy) is 2. The van der Waals surface area contributed by atoms with Gasteiger partial charge in [-0.3, -0.25) is 19.8 Å². The molecule has 0 bridgehead atoms. The van der Waals surface area contributed by atoms with Crippen molar-refractivity contribution in [1.29, 1.82) is 0 Å². The summed E-state index contributed by atoms with van der Waals surface area (Å²) in [6, 6.07) is 18.2. The van der Waals surface area contributed by atoms with Gasteiger partial charge in [-0.15, -0.1) is 6.42 Å². The quantitative estimate of drug-likeness (QED) is 0.111. The van der Waals surface area contributed by atoms with Gasteiger partial charge in [0.15, 0.2) is 11.5 Å². The number of terminal acetylenes is 1. The van der Waals surface area contributed by atoms with E-state index >= 15 is 0 Å². The monoisotopic (exact) mass is 672 g/mol. The molecule has 0 unspecified atom stereocenters. The molecule has 1 fully saturated rings. The van der Waals surface area contributed by atoms with Crippen molar-refractivity contribution in [2.24, 2.45) is 0 Å². The molecule has 6 heteroatoms. The van der Waals surface area contributed by atoms with Crippen LogP contribution in [0.1, 0.15) is 86.3 Å². The van der Waals surface area contributed by atoms with Gasteiger partial charge < -0.3 is 9.47 Å². The van der Waals surface area contributed by atoms with Crippen LogP contribution in [-0.4, -0.2) is 59.7 Å². The first-order valence-corrected chi connectivity index (χ1v) is 18.6. The molecule has 0 aliphatic carbocycles. The SMILES string of the molecule is C#CCN(Cc1ccnc(-c2cc(CCC)c(OC)c(OC)c2)c1)C1CCN(Cc2ccnc(-c3cc(C)c(CCC)c(CCC)c3)c2)CC1. The van der Waals surface area contributed by atoms with Crippen LogP contribution >= 0.6 is 0 Å². The average Bonchev–Trinajstić information content (AvgIpc) is 3.13. The minimum atomic E-state index is 0.436. The second-order valence-electron chi connectivity index (χ2n) is 13.8. The van der Waals surface area contributed by atoms with Gasteiger partial charge in [-0.05, 0) is 134 Å². The minimum absolute atomic E-state index is 0.436. The van der Waals surface area contributed by atoms with Gasteiger partial charge in [-0.1, -0.05) is 46.0 Å². The number of hydrogen-bond donors (Lipinski definition) is 0. The second kappa shape index (κ2) is 18.2. The van der Waals surface area contributed by atoms with Gasteiger partial charge in [0.2, 0.25) is 0 Å². The molecule has 2 aromatic heterocycles. The van der Waals surface area contributed by atoms with Gasteiger partial charge in [0, 0.05) is 42.7 Å². The zero-order valence-electron chi connectivity index (χ0n) is 31.2. The van der Waals surface area contributed by atoms with Crippen LogP contribution in [0.4, 0.5) is 0 Å². The predicted molar refractivity (Wildman–Crippen MR) is 207 cm³/mol. The Balaban J connectivity index is 1.25. The molecule has 3 heterocycles. The number of rotatable bonds is 16. The van der Waals surface area contributed by atoms with Crippen LogP contribution in [-0.2, 0) is 32.4 Å². The van der Waals surface area contributed by atoms with Crippen molar-refractivity contribution in [3.8, 4) is 46.4 Å². The molecule has 50 heavy (non-hydrogen) atoms. The lowest BCUT2D eigenvalue weighted by atomic mass is 9.91. The molecule has 0 N–H and O–H groups in total. The van der Waals surface area contributed by atoms with E-state index in [1.165, 1.54) is 39.8 Å². The van der Waals surface area contributed by atoms with E-state index in [1.807, 2.05) is 18.5 Å². The van der Waals surface area contributed by atoms with Crippen LogP contribution in [0.3, 0.4) is 0 Å². The van der Waals surface area contributed by atoms with Crippen molar-refractivity contribution in [3.63, 3.8) is 0 Å². The maximum atomic E-state index is 5.92. The van der Waals surface area contributed by atoms with E-state index in [0.29, 0.717) is 12.6 Å². The second-order valence-corrected chi connectivity index (χ2v) is 13.8. The molecule has 264 valence electrons. The Hall–Kier alpha value is -4.18. The van der Waals surface area contributed by atoms with Gasteiger partial charge in [-0.2, -0.15) is 0 Å². The summed E-state index contributed by atoms with van der Waals surface area (Å²) in [6.07, 6.45) is 18.5. The highest BCUT2D eigenvalue weighted by Crippen LogP contribution is 2.37. The first-order chi connectivity index (χ1) is 24.4. The molecular weight excluding hydrogens is 617 g/mol. The molecule has 1 aliphatic heterocycles. The van der Waals surface area contributed by atoms with Crippen molar-refractivity contribution in [2.75, 3.05) is 33.9 Å². The summed E-state index contributed by atoms with van der Waals surface area (Å²) in [5.74, 6) is 4.48. The van der Waals surface area contributed by atoms with Crippen molar-refractivity contribution in [2.45, 2.75) is 98.2 Å². The molecule has 2 aromatic carbocycles. The number of pyridine rings is 2. The number of aromatic nitrogens is 2. The topological polar surface area (TPSA) is 50.7 Å². The zero-order chi connectivity index (χ0) is 35.5. The van der Waals surface area contributed by atoms with E-state index in [2.05, 4.69) is 85.9 Å². The van der Waals surface area contributed by atoms with E-state index < -0.39 is 0 Å². The van der Waals surface area contributed by atoms with E-state index in [1.54, 1.807) is 14.2 Å². The Morgan fingerprint density at radius 2 is 1.42 bits per heavy atom. The summed E-state index contributed by atoms with van der Waals surface area (Å²) >= 11 is 0. The fourth-order valence-corrected chi connectivity index (χ4v) is 7.61. The molecule has 4 aromatic rings. The highest BCUT2D eigenvalue weighted by molar-refractivity contribution is 5.67. The number of piperidine rings is 1. The van der Waals surface area contributed by atoms with Crippen LogP contribution in [0.2, 0.25) is 0 Å². The molecule has 0 saturated carbocycles. The third-order valence-electron chi connectivity index (χ3n) is 10.1. The van der Waals surface area contributed by atoms with Gasteiger partial charge in [0.25, 0.3) is 0 Å². The fourth-order valence-electron chi connectivity index (χ4n) is 7.61. The molecule has 0 spiro atoms. The lowest BCUT2D eigenvalue weighted by molar-refractivity contribution is 0.110. The van der Waals surface area contributed by atoms with Crippen molar-refractivity contribution >= 4 is 0 Å². The highest BCUT2D eigenvalue weighted by atomic mass is 16.5. The predicted octanol–water partition coefficient (Wildman–Crippen LogP) is 9.09. The molecule has 0 amide bonds. The number of aryl methyl sites for hydroxylation is 3. The molecule has 5 rings (SSSR count). The van der Waals surface area contributed by atoms with Crippen LogP contribution in [0.5, 0.6) is 11.5 Å². The van der Waals surface area contributed by atoms with Crippen molar-refractivity contribution < 1.29 is 9.47 Å². The minimum Gasteiger partial charge on any atom is -0.493 e. The van der Waals surface area contributed by atoms with Crippen molar-refractivity contribution in [3.05, 3.63) is 94.3 Å². The Morgan fingerprint density at radius 1 is 0.800 bits per heavy atom. The lowest BCUT2D eigenvalue weighted by Crippen LogP contribution is -2.44. The third kappa shape index (κ3) is 9.13. The van der Waals surface area contributed by atoms with Crippen LogP contribution in [0.15, 0.2) is 60.9 Å². The zero-order valence-corrected chi connectivity index (χ0v) is 31.2. The van der Waals surface area contributed by atoms with E-state index in [9.17, 15) is 0 Å². The molecule has 1 saturated heterocycles. The molecule has 1 aliphatic rings. The summed E-state index contributed by atoms with van der Waals surface area (Å²) in [5.41, 5.74) is 12.4. The largest absolute Gasteiger partial charge is 0.493 e. The Kier molecular flexibility index (Phi) is 13.5. The normalized spacial score (nSPS) is 13.8. The highest BCUT2D eigenvalue weighted by Gasteiger charge is 2.25. The number of hydrogen-bond acceptors (Lipinski definition) is 6. The maximum Gasteiger partial charge on any atom is 0.163 e. The lowest BCUT2D eigenvalue weighted by Gasteiger charge is -2.38. The summed E-state index contributed by atoms with van der Waals surface area (Å²) in [5, 5.41) is 0. The molecule has 0 atom stereocenters. The number of benzene rings is 2. The van der Waals surface area contributed by atoms with E-state index in [0.717, 1.165) is 105 Å². The third-order valence-corrected chi connectivity index (χ3v) is 10.1. The summed E-state index contributed by atoms with van der Waals surface area (Å²) in [7, 11) is 3.39. The van der Waals surface area contributed by atoms with Gasteiger partial charge in [0.05, 0.1) is 32.2 Å². The Morgan fingerprint density at radius 3 is 2.06 bits per heavy atom. The molecular formula is C44H56N4O2. The average molecular weight is 673 g/mol. The Bertz CT molecular complexity index is 1750. The number of methoxy groups -OCH3 is 2. The standard InChI is InChI=1S/C44H56N4O2/c1-8-12-35-27-37(24-32(5)40(35)14-10-3)41-25-33(15-19-45-41)30-47-22-17-39(18-23-47)48(21-11-4)31-34-16-20-46-42(26-34)38-28-36(13-9-2)44(50-7)43(29-38)49-6/h4,15-16,19-20,24-29,39H,8-10,12-14,17-18,21-23,30-31H2,1-3,5-7H3. The van der Waals surface area contributed by atoms with Gasteiger partial charge in [-0.25, -0.2) is 0 Å². The maximum absolute atomic E-state index is 5.92. The van der Waals surface area contributed by atoms with Gasteiger partial charge >= 0.3 is 0 Å². The van der Waals surface area contributed by atoms with Gasteiger partial charge in [0.1, 0.15) is 0 Å².